The Balaban J connectivity index is 0.000000142. The van der Waals surface area contributed by atoms with Crippen molar-refractivity contribution in [2.45, 2.75) is 38.5 Å². The molecule has 0 radical (unpaired) electrons. The number of carbonyl (C=O) groups excluding carboxylic acids is 2. The molecule has 31 heteroatoms. The quantitative estimate of drug-likeness (QED) is 0.0365. The van der Waals surface area contributed by atoms with E-state index in [9.17, 15) is 75.5 Å². The second kappa shape index (κ2) is 27.7. The Kier molecular flexibility index (Phi) is 20.7. The first kappa shape index (κ1) is 72.6. The van der Waals surface area contributed by atoms with Gasteiger partial charge in [-0.15, -0.1) is 0 Å². The first-order valence-corrected chi connectivity index (χ1v) is 29.8. The molecule has 15 rings (SSSR count). The number of rotatable bonds is 0. The third kappa shape index (κ3) is 13.3. The van der Waals surface area contributed by atoms with Crippen LogP contribution in [0.25, 0.3) is 67.7 Å². The van der Waals surface area contributed by atoms with Gasteiger partial charge in [-0.05, 0) is 60.7 Å². The van der Waals surface area contributed by atoms with E-state index < -0.39 is 22.0 Å². The monoisotopic (exact) mass is 1450 g/mol. The Bertz CT molecular complexity index is 5360. The molecule has 0 saturated heterocycles. The number of carbonyl (C=O) groups is 2. The summed E-state index contributed by atoms with van der Waals surface area (Å²) in [7, 11) is 0. The largest absolute Gasteiger partial charge is 1.00 e. The molecule has 0 spiro atoms. The van der Waals surface area contributed by atoms with Crippen LogP contribution in [0.1, 0.15) is 38.8 Å². The number of hydrogen-bond donors (Lipinski definition) is 5. The number of halogens is 6. The van der Waals surface area contributed by atoms with Gasteiger partial charge in [0.1, 0.15) is 27.3 Å². The summed E-state index contributed by atoms with van der Waals surface area (Å²) >= 11 is 35.4. The van der Waals surface area contributed by atoms with Crippen LogP contribution in [0.15, 0.2) is 184 Å². The average Bonchev–Trinajstić information content (AvgIpc) is 0.748. The zero-order valence-electron chi connectivity index (χ0n) is 50.9. The zero-order chi connectivity index (χ0) is 68.8. The SMILES string of the molecule is CC1(C)C2=CC(=O)C=CC2=[N+]([O-])c2cc(Cl)c(O)c(Cl)c21.CC1(C)C2=CC(=O)C=CC2=[N+]([O-])c2ccc(O)cc21.O=c1c(Cl)cc2[n+]([O-])c3cc(Cl)c(O)c(Cl)c3oc-2c1Cl.O=c1ccc2[n+]([O-])c3ccc(O)cc3oc-2c1.O=c1ccc2[n+]([O-])c3ccc(O)cc3oc-2c1.[Na+].[Na+]. The number of allylic oxidation sites excluding steroid dienone is 8. The third-order valence-electron chi connectivity index (χ3n) is 15.6. The van der Waals surface area contributed by atoms with Crippen LogP contribution in [0.3, 0.4) is 0 Å². The molecule has 5 heterocycles. The summed E-state index contributed by atoms with van der Waals surface area (Å²) in [5, 5.41) is 108. The molecule has 0 atom stereocenters. The van der Waals surface area contributed by atoms with Crippen molar-refractivity contribution < 1.29 is 131 Å². The average molecular weight is 1450 g/mol. The number of nitrogens with zero attached hydrogens (tertiary/aromatic N) is 5. The van der Waals surface area contributed by atoms with Crippen molar-refractivity contribution in [3.8, 4) is 63.1 Å². The molecule has 0 aromatic heterocycles. The summed E-state index contributed by atoms with van der Waals surface area (Å²) in [4.78, 5) is 57.2. The molecular formula is C66H41Cl6N5Na2O18+2. The molecule has 5 N–H and O–H groups in total. The topological polar surface area (TPSA) is 359 Å². The fraction of sp³-hybridized carbons (Fsp3) is 0.0909. The summed E-state index contributed by atoms with van der Waals surface area (Å²) in [6.45, 7) is 7.57. The van der Waals surface area contributed by atoms with Crippen LogP contribution in [-0.4, -0.2) is 58.0 Å². The van der Waals surface area contributed by atoms with E-state index in [1.165, 1.54) is 121 Å². The van der Waals surface area contributed by atoms with Crippen molar-refractivity contribution >= 4 is 137 Å². The molecule has 480 valence electrons. The third-order valence-corrected chi connectivity index (χ3v) is 17.5. The van der Waals surface area contributed by atoms with Gasteiger partial charge in [0.05, 0.1) is 25.7 Å². The van der Waals surface area contributed by atoms with Gasteiger partial charge < -0.3 is 64.8 Å². The normalized spacial score (nSPS) is 14.4. The second-order valence-corrected chi connectivity index (χ2v) is 24.6. The van der Waals surface area contributed by atoms with Gasteiger partial charge >= 0.3 is 59.1 Å². The molecule has 97 heavy (non-hydrogen) atoms. The van der Waals surface area contributed by atoms with Crippen molar-refractivity contribution in [3.63, 3.8) is 0 Å². The van der Waals surface area contributed by atoms with Crippen LogP contribution < -0.4 is 89.6 Å². The maximum Gasteiger partial charge on any atom is 1.00 e. The van der Waals surface area contributed by atoms with Crippen LogP contribution in [0, 0.1) is 26.0 Å². The van der Waals surface area contributed by atoms with Crippen LogP contribution in [0.4, 0.5) is 11.4 Å². The smallest absolute Gasteiger partial charge is 0.618 e. The number of fused-ring (bicyclic) bond motifs is 10. The second-order valence-electron chi connectivity index (χ2n) is 22.3. The van der Waals surface area contributed by atoms with Crippen molar-refractivity contribution in [2.24, 2.45) is 0 Å². The van der Waals surface area contributed by atoms with Gasteiger partial charge in [-0.2, -0.15) is 23.7 Å². The molecule has 0 bridgehead atoms. The Hall–Kier alpha value is -8.66. The predicted molar refractivity (Wildman–Crippen MR) is 353 cm³/mol. The minimum atomic E-state index is -0.703. The van der Waals surface area contributed by atoms with Gasteiger partial charge in [-0.3, -0.25) is 24.0 Å². The van der Waals surface area contributed by atoms with E-state index in [1.54, 1.807) is 18.2 Å². The number of phenolic OH excluding ortho intramolecular Hbond substituents is 5. The van der Waals surface area contributed by atoms with Gasteiger partial charge in [0.25, 0.3) is 33.6 Å². The molecule has 23 nitrogen and oxygen atoms in total. The van der Waals surface area contributed by atoms with Crippen molar-refractivity contribution in [3.05, 3.63) is 255 Å². The van der Waals surface area contributed by atoms with E-state index in [-0.39, 0.29) is 197 Å². The van der Waals surface area contributed by atoms with Crippen LogP contribution in [-0.2, 0) is 20.4 Å². The molecule has 5 aromatic carbocycles. The predicted octanol–water partition coefficient (Wildman–Crippen LogP) is 6.30. The Labute approximate surface area is 619 Å². The standard InChI is InChI=1S/C15H11Cl2NO3.C15H13NO3.C12H3Cl4NO4.2C12H7NO4.2Na/c1-15(2)8-5-7(19)3-4-10(8)18(21)11-6-9(16)14(20)13(17)12(11)15;1-15(2)11-7-9(17)3-5-13(11)16(19)14-6-4-10(18)8-12(14)15;13-3-1-5-11(7(15)9(3)18)21-12-6(17(5)20)2-4(14)10(19)8(12)16;2*14-7-1-3-9-11(5-7)17-12-6-8(15)2-4-10(12)13(9)16;;/h3-6,20H,1-2H3;3-8,17H,1-2H3;1-2,18H;2*1-6,14H;;/q;;;;;2*+1. The molecular weight excluding hydrogens is 1410 g/mol. The van der Waals surface area contributed by atoms with E-state index in [1.807, 2.05) is 27.7 Å². The number of aromatic nitrogens is 3. The maximum absolute atomic E-state index is 12.5. The van der Waals surface area contributed by atoms with Crippen LogP contribution >= 0.6 is 69.6 Å². The molecule has 0 unspecified atom stereocenters. The van der Waals surface area contributed by atoms with Gasteiger partial charge in [-0.1, -0.05) is 97.3 Å². The summed E-state index contributed by atoms with van der Waals surface area (Å²) in [6, 6.07) is 24.7. The first-order chi connectivity index (χ1) is 44.8. The van der Waals surface area contributed by atoms with Gasteiger partial charge in [0.15, 0.2) is 33.9 Å². The van der Waals surface area contributed by atoms with Gasteiger partial charge in [0, 0.05) is 112 Å². The van der Waals surface area contributed by atoms with E-state index >= 15 is 0 Å². The minimum Gasteiger partial charge on any atom is -0.618 e. The van der Waals surface area contributed by atoms with E-state index in [0.29, 0.717) is 63.8 Å². The molecule has 5 aliphatic carbocycles. The minimum absolute atomic E-state index is 0. The number of aromatic hydroxyl groups is 5. The summed E-state index contributed by atoms with van der Waals surface area (Å²) in [5.74, 6) is -0.688. The summed E-state index contributed by atoms with van der Waals surface area (Å²) in [5.41, 5.74) is 3.13. The molecule has 5 aliphatic heterocycles. The Morgan fingerprint density at radius 3 is 1.41 bits per heavy atom. The number of ketones is 2. The fourth-order valence-corrected chi connectivity index (χ4v) is 12.5. The molecule has 0 saturated carbocycles. The van der Waals surface area contributed by atoms with Crippen molar-refractivity contribution in [2.75, 3.05) is 0 Å². The van der Waals surface area contributed by atoms with Gasteiger partial charge in [-0.25, -0.2) is 0 Å². The molecule has 0 fully saturated rings. The van der Waals surface area contributed by atoms with E-state index in [4.69, 9.17) is 82.9 Å². The molecule has 5 aromatic rings. The molecule has 0 amide bonds. The van der Waals surface area contributed by atoms with Crippen molar-refractivity contribution in [1.82, 2.24) is 0 Å². The Morgan fingerprint density at radius 1 is 0.433 bits per heavy atom. The number of phenols is 5. The Morgan fingerprint density at radius 2 is 0.887 bits per heavy atom. The van der Waals surface area contributed by atoms with Crippen molar-refractivity contribution in [1.29, 1.82) is 0 Å². The summed E-state index contributed by atoms with van der Waals surface area (Å²) in [6.07, 6.45) is 8.70. The molecule has 10 aliphatic rings. The first-order valence-electron chi connectivity index (χ1n) is 27.5. The fourth-order valence-electron chi connectivity index (χ4n) is 10.8. The van der Waals surface area contributed by atoms with Gasteiger partial charge in [0.2, 0.25) is 62.3 Å². The van der Waals surface area contributed by atoms with E-state index in [0.717, 1.165) is 16.4 Å². The zero-order valence-corrected chi connectivity index (χ0v) is 59.4. The maximum atomic E-state index is 12.5. The summed E-state index contributed by atoms with van der Waals surface area (Å²) < 4.78 is 19.5. The van der Waals surface area contributed by atoms with Crippen LogP contribution in [0.2, 0.25) is 30.1 Å². The number of hydrogen-bond acceptors (Lipinski definition) is 18. The van der Waals surface area contributed by atoms with E-state index in [2.05, 4.69) is 0 Å². The van der Waals surface area contributed by atoms with Crippen LogP contribution in [0.5, 0.6) is 28.7 Å². The number of benzene rings is 8.